The van der Waals surface area contributed by atoms with Gasteiger partial charge in [-0.25, -0.2) is 10.8 Å². The Hall–Kier alpha value is -2.15. The van der Waals surface area contributed by atoms with E-state index in [4.69, 9.17) is 5.84 Å². The summed E-state index contributed by atoms with van der Waals surface area (Å²) in [6.45, 7) is 0.649. The molecule has 0 aliphatic rings. The van der Waals surface area contributed by atoms with Crippen molar-refractivity contribution in [3.63, 3.8) is 0 Å². The summed E-state index contributed by atoms with van der Waals surface area (Å²) in [4.78, 5) is 8.16. The lowest BCUT2D eigenvalue weighted by Gasteiger charge is -2.04. The van der Waals surface area contributed by atoms with Crippen LogP contribution in [0.5, 0.6) is 0 Å². The monoisotopic (exact) mass is 219 g/mol. The number of rotatable bonds is 4. The molecule has 0 atom stereocenters. The molecule has 4 N–H and O–H groups in total. The van der Waals surface area contributed by atoms with Crippen LogP contribution in [0.1, 0.15) is 5.56 Å². The Bertz CT molecular complexity index is 464. The SMILES string of the molecule is Cn1cc(CNc2cncc(NN)n2)cn1. The van der Waals surface area contributed by atoms with Gasteiger partial charge in [0.2, 0.25) is 0 Å². The molecule has 0 spiro atoms. The molecule has 0 amide bonds. The Morgan fingerprint density at radius 3 is 2.81 bits per heavy atom. The third-order valence-corrected chi connectivity index (χ3v) is 2.01. The van der Waals surface area contributed by atoms with Crippen molar-refractivity contribution in [3.8, 4) is 0 Å². The summed E-state index contributed by atoms with van der Waals surface area (Å²) in [7, 11) is 1.88. The number of hydrogen-bond donors (Lipinski definition) is 3. The molecule has 0 bridgehead atoms. The summed E-state index contributed by atoms with van der Waals surface area (Å²) in [5.41, 5.74) is 3.52. The minimum absolute atomic E-state index is 0.524. The second kappa shape index (κ2) is 4.58. The number of anilines is 2. The van der Waals surface area contributed by atoms with E-state index in [-0.39, 0.29) is 0 Å². The summed E-state index contributed by atoms with van der Waals surface area (Å²) in [6, 6.07) is 0. The van der Waals surface area contributed by atoms with Gasteiger partial charge in [0.25, 0.3) is 0 Å². The van der Waals surface area contributed by atoms with E-state index in [2.05, 4.69) is 25.8 Å². The largest absolute Gasteiger partial charge is 0.365 e. The Morgan fingerprint density at radius 2 is 2.12 bits per heavy atom. The van der Waals surface area contributed by atoms with Gasteiger partial charge < -0.3 is 10.7 Å². The second-order valence-electron chi connectivity index (χ2n) is 3.31. The van der Waals surface area contributed by atoms with Gasteiger partial charge in [0, 0.05) is 25.4 Å². The van der Waals surface area contributed by atoms with Gasteiger partial charge in [0.05, 0.1) is 18.6 Å². The van der Waals surface area contributed by atoms with Crippen molar-refractivity contribution < 1.29 is 0 Å². The van der Waals surface area contributed by atoms with Gasteiger partial charge >= 0.3 is 0 Å². The van der Waals surface area contributed by atoms with E-state index in [1.807, 2.05) is 13.2 Å². The molecule has 0 fully saturated rings. The quantitative estimate of drug-likeness (QED) is 0.499. The molecule has 7 heteroatoms. The molecule has 84 valence electrons. The lowest BCUT2D eigenvalue weighted by Crippen LogP contribution is -2.10. The zero-order valence-electron chi connectivity index (χ0n) is 8.88. The van der Waals surface area contributed by atoms with E-state index in [0.29, 0.717) is 18.2 Å². The molecule has 2 rings (SSSR count). The molecule has 16 heavy (non-hydrogen) atoms. The average molecular weight is 219 g/mol. The number of nitrogens with two attached hydrogens (primary N) is 1. The Kier molecular flexibility index (Phi) is 2.97. The number of nitrogens with zero attached hydrogens (tertiary/aromatic N) is 4. The van der Waals surface area contributed by atoms with Gasteiger partial charge in [0.1, 0.15) is 5.82 Å². The van der Waals surface area contributed by atoms with Crippen LogP contribution in [0.25, 0.3) is 0 Å². The van der Waals surface area contributed by atoms with Crippen molar-refractivity contribution >= 4 is 11.6 Å². The van der Waals surface area contributed by atoms with Crippen LogP contribution in [0, 0.1) is 0 Å². The average Bonchev–Trinajstić information content (AvgIpc) is 2.73. The minimum Gasteiger partial charge on any atom is -0.365 e. The summed E-state index contributed by atoms with van der Waals surface area (Å²) in [6.07, 6.45) is 6.92. The van der Waals surface area contributed by atoms with E-state index in [1.54, 1.807) is 23.3 Å². The van der Waals surface area contributed by atoms with Crippen molar-refractivity contribution in [2.24, 2.45) is 12.9 Å². The van der Waals surface area contributed by atoms with E-state index >= 15 is 0 Å². The van der Waals surface area contributed by atoms with Crippen molar-refractivity contribution in [1.29, 1.82) is 0 Å². The Morgan fingerprint density at radius 1 is 1.31 bits per heavy atom. The number of hydrazine groups is 1. The number of nitrogens with one attached hydrogen (secondary N) is 2. The van der Waals surface area contributed by atoms with Gasteiger partial charge in [-0.1, -0.05) is 0 Å². The molecule has 2 aromatic rings. The molecule has 0 unspecified atom stereocenters. The number of nitrogen functional groups attached to an aromatic ring is 1. The van der Waals surface area contributed by atoms with Crippen LogP contribution in [0.2, 0.25) is 0 Å². The second-order valence-corrected chi connectivity index (χ2v) is 3.31. The molecular weight excluding hydrogens is 206 g/mol. The maximum Gasteiger partial charge on any atom is 0.160 e. The highest BCUT2D eigenvalue weighted by molar-refractivity contribution is 5.40. The van der Waals surface area contributed by atoms with E-state index in [9.17, 15) is 0 Å². The van der Waals surface area contributed by atoms with Gasteiger partial charge in [-0.05, 0) is 0 Å². The third kappa shape index (κ3) is 2.45. The van der Waals surface area contributed by atoms with E-state index in [1.165, 1.54) is 0 Å². The summed E-state index contributed by atoms with van der Waals surface area (Å²) >= 11 is 0. The lowest BCUT2D eigenvalue weighted by atomic mass is 10.3. The Balaban J connectivity index is 1.99. The first-order chi connectivity index (χ1) is 7.78. The zero-order valence-corrected chi connectivity index (χ0v) is 8.88. The van der Waals surface area contributed by atoms with Crippen molar-refractivity contribution in [2.45, 2.75) is 6.54 Å². The highest BCUT2D eigenvalue weighted by atomic mass is 15.3. The van der Waals surface area contributed by atoms with Crippen LogP contribution in [0.4, 0.5) is 11.6 Å². The molecule has 0 saturated carbocycles. The van der Waals surface area contributed by atoms with Crippen LogP contribution in [0.3, 0.4) is 0 Å². The maximum atomic E-state index is 5.24. The highest BCUT2D eigenvalue weighted by Crippen LogP contribution is 2.07. The standard InChI is InChI=1S/C9H13N7/c1-16-6-7(3-13-16)2-12-8-4-11-5-9(14-8)15-10/h3-6H,2,10H2,1H3,(H2,12,14,15). The smallest absolute Gasteiger partial charge is 0.160 e. The van der Waals surface area contributed by atoms with Crippen LogP contribution in [-0.4, -0.2) is 19.7 Å². The first-order valence-electron chi connectivity index (χ1n) is 4.78. The fourth-order valence-electron chi connectivity index (χ4n) is 1.28. The molecule has 2 heterocycles. The van der Waals surface area contributed by atoms with Crippen molar-refractivity contribution in [1.82, 2.24) is 19.7 Å². The van der Waals surface area contributed by atoms with Crippen LogP contribution < -0.4 is 16.6 Å². The first-order valence-corrected chi connectivity index (χ1v) is 4.78. The van der Waals surface area contributed by atoms with Gasteiger partial charge in [-0.2, -0.15) is 5.10 Å². The van der Waals surface area contributed by atoms with Crippen molar-refractivity contribution in [3.05, 3.63) is 30.4 Å². The van der Waals surface area contributed by atoms with E-state index in [0.717, 1.165) is 5.56 Å². The van der Waals surface area contributed by atoms with Crippen molar-refractivity contribution in [2.75, 3.05) is 10.7 Å². The normalized spacial score (nSPS) is 10.1. The number of aromatic nitrogens is 4. The summed E-state index contributed by atoms with van der Waals surface area (Å²) in [5.74, 6) is 6.43. The predicted molar refractivity (Wildman–Crippen MR) is 60.4 cm³/mol. The third-order valence-electron chi connectivity index (χ3n) is 2.01. The van der Waals surface area contributed by atoms with Gasteiger partial charge in [-0.3, -0.25) is 9.67 Å². The molecular formula is C9H13N7. The topological polar surface area (TPSA) is 93.7 Å². The fourth-order valence-corrected chi connectivity index (χ4v) is 1.28. The first kappa shape index (κ1) is 10.4. The van der Waals surface area contributed by atoms with E-state index < -0.39 is 0 Å². The van der Waals surface area contributed by atoms with Crippen LogP contribution in [-0.2, 0) is 13.6 Å². The highest BCUT2D eigenvalue weighted by Gasteiger charge is 1.99. The zero-order chi connectivity index (χ0) is 11.4. The minimum atomic E-state index is 0.524. The molecule has 0 aliphatic heterocycles. The fraction of sp³-hybridized carbons (Fsp3) is 0.222. The predicted octanol–water partition coefficient (Wildman–Crippen LogP) is 0.108. The number of hydrogen-bond acceptors (Lipinski definition) is 6. The molecule has 2 aromatic heterocycles. The summed E-state index contributed by atoms with van der Waals surface area (Å²) < 4.78 is 1.75. The van der Waals surface area contributed by atoms with Crippen LogP contribution >= 0.6 is 0 Å². The molecule has 0 aliphatic carbocycles. The maximum absolute atomic E-state index is 5.24. The Labute approximate surface area is 92.7 Å². The number of aryl methyl sites for hydroxylation is 1. The lowest BCUT2D eigenvalue weighted by molar-refractivity contribution is 0.767. The van der Waals surface area contributed by atoms with Gasteiger partial charge in [-0.15, -0.1) is 0 Å². The summed E-state index contributed by atoms with van der Waals surface area (Å²) in [5, 5.41) is 7.20. The molecule has 7 nitrogen and oxygen atoms in total. The molecule has 0 saturated heterocycles. The van der Waals surface area contributed by atoms with Gasteiger partial charge in [0.15, 0.2) is 5.82 Å². The molecule has 0 radical (unpaired) electrons. The van der Waals surface area contributed by atoms with Crippen LogP contribution in [0.15, 0.2) is 24.8 Å². The molecule has 0 aromatic carbocycles.